The minimum atomic E-state index is -1.45. The summed E-state index contributed by atoms with van der Waals surface area (Å²) in [5.74, 6) is 0.110. The van der Waals surface area contributed by atoms with E-state index in [4.69, 9.17) is 10.8 Å². The maximum Gasteiger partial charge on any atom is 0.274 e. The summed E-state index contributed by atoms with van der Waals surface area (Å²) >= 11 is 0. The first kappa shape index (κ1) is 28.0. The summed E-state index contributed by atoms with van der Waals surface area (Å²) in [5, 5.41) is 29.4. The Morgan fingerprint density at radius 2 is 1.95 bits per heavy atom. The molecular formula is C28H38N6O3. The van der Waals surface area contributed by atoms with Gasteiger partial charge in [-0.3, -0.25) is 25.4 Å². The van der Waals surface area contributed by atoms with Crippen LogP contribution in [0.15, 0.2) is 47.3 Å². The number of fused-ring (bicyclic) bond motifs is 1. The molecular weight excluding hydrogens is 468 g/mol. The Bertz CT molecular complexity index is 1190. The van der Waals surface area contributed by atoms with Crippen molar-refractivity contribution in [3.63, 3.8) is 0 Å². The molecule has 2 aliphatic rings. The average molecular weight is 507 g/mol. The van der Waals surface area contributed by atoms with Crippen LogP contribution in [-0.2, 0) is 17.8 Å². The number of aliphatic hydroxyl groups is 1. The minimum Gasteiger partial charge on any atom is -0.381 e. The third kappa shape index (κ3) is 6.80. The first-order chi connectivity index (χ1) is 17.4. The number of likely N-dealkylation sites (tertiary alicyclic amines) is 1. The Balaban J connectivity index is 1.73. The number of carbonyl (C=O) groups is 2. The van der Waals surface area contributed by atoms with Gasteiger partial charge in [-0.2, -0.15) is 0 Å². The highest BCUT2D eigenvalue weighted by atomic mass is 16.3. The minimum absolute atomic E-state index is 0.257. The van der Waals surface area contributed by atoms with E-state index in [2.05, 4.69) is 10.3 Å². The molecule has 0 saturated carbocycles. The maximum absolute atomic E-state index is 13.1. The van der Waals surface area contributed by atoms with E-state index in [-0.39, 0.29) is 17.5 Å². The van der Waals surface area contributed by atoms with Gasteiger partial charge in [-0.25, -0.2) is 0 Å². The molecule has 0 aliphatic carbocycles. The maximum atomic E-state index is 13.1. The molecule has 2 amide bonds. The van der Waals surface area contributed by atoms with Crippen molar-refractivity contribution in [2.24, 2.45) is 0 Å². The van der Waals surface area contributed by atoms with E-state index < -0.39 is 5.60 Å². The first-order valence-electron chi connectivity index (χ1n) is 12.7. The highest BCUT2D eigenvalue weighted by Gasteiger charge is 2.31. The van der Waals surface area contributed by atoms with E-state index in [1.54, 1.807) is 28.1 Å². The summed E-state index contributed by atoms with van der Waals surface area (Å²) in [6, 6.07) is 1.72. The van der Waals surface area contributed by atoms with Gasteiger partial charge in [0, 0.05) is 37.9 Å². The fourth-order valence-corrected chi connectivity index (χ4v) is 4.29. The van der Waals surface area contributed by atoms with Gasteiger partial charge in [0.05, 0.1) is 0 Å². The van der Waals surface area contributed by atoms with Crippen LogP contribution in [0.5, 0.6) is 0 Å². The Morgan fingerprint density at radius 3 is 2.57 bits per heavy atom. The molecule has 4 N–H and O–H groups in total. The van der Waals surface area contributed by atoms with Crippen molar-refractivity contribution in [3.8, 4) is 0 Å². The molecule has 1 aromatic heterocycles. The number of amidine groups is 2. The lowest BCUT2D eigenvalue weighted by Gasteiger charge is -2.32. The van der Waals surface area contributed by atoms with E-state index >= 15 is 0 Å². The molecule has 198 valence electrons. The highest BCUT2D eigenvalue weighted by molar-refractivity contribution is 6.07. The average Bonchev–Trinajstić information content (AvgIpc) is 3.30. The van der Waals surface area contributed by atoms with Crippen LogP contribution in [0.2, 0.25) is 0 Å². The van der Waals surface area contributed by atoms with Crippen LogP contribution >= 0.6 is 0 Å². The number of hydrogen-bond donors (Lipinski definition) is 4. The number of nitrogens with one attached hydrogen (secondary N) is 3. The van der Waals surface area contributed by atoms with Crippen LogP contribution in [0.1, 0.15) is 75.5 Å². The van der Waals surface area contributed by atoms with Gasteiger partial charge in [-0.15, -0.1) is 0 Å². The molecule has 0 unspecified atom stereocenters. The lowest BCUT2D eigenvalue weighted by molar-refractivity contribution is -0.148. The molecule has 9 heteroatoms. The van der Waals surface area contributed by atoms with Crippen LogP contribution in [0.4, 0.5) is 0 Å². The molecule has 3 heterocycles. The van der Waals surface area contributed by atoms with Crippen molar-refractivity contribution < 1.29 is 14.7 Å². The number of aromatic nitrogens is 1. The third-order valence-corrected chi connectivity index (χ3v) is 6.75. The molecule has 0 spiro atoms. The number of carbonyl (C=O) groups excluding carboxylic acids is 2. The van der Waals surface area contributed by atoms with Crippen molar-refractivity contribution >= 4 is 23.5 Å². The topological polar surface area (TPSA) is 133 Å². The van der Waals surface area contributed by atoms with Gasteiger partial charge >= 0.3 is 0 Å². The SMILES string of the molecule is CC/C(C)=C(/C=C\C=C(/C)C(=N)N1CCCC1=N)NC(=O)c1cc2c(cn1)CCN(C(=O)C(C)(C)O)C2. The molecule has 1 fully saturated rings. The summed E-state index contributed by atoms with van der Waals surface area (Å²) in [6.07, 6.45) is 10.1. The van der Waals surface area contributed by atoms with E-state index in [9.17, 15) is 14.7 Å². The predicted molar refractivity (Wildman–Crippen MR) is 144 cm³/mol. The van der Waals surface area contributed by atoms with Crippen LogP contribution < -0.4 is 5.32 Å². The molecule has 1 saturated heterocycles. The van der Waals surface area contributed by atoms with Crippen molar-refractivity contribution in [1.82, 2.24) is 20.1 Å². The van der Waals surface area contributed by atoms with Crippen molar-refractivity contribution in [2.75, 3.05) is 13.1 Å². The van der Waals surface area contributed by atoms with E-state index in [1.807, 2.05) is 32.9 Å². The number of pyridine rings is 1. The van der Waals surface area contributed by atoms with Crippen molar-refractivity contribution in [2.45, 2.75) is 72.4 Å². The van der Waals surface area contributed by atoms with Gasteiger partial charge in [0.15, 0.2) is 0 Å². The molecule has 0 radical (unpaired) electrons. The predicted octanol–water partition coefficient (Wildman–Crippen LogP) is 3.70. The Morgan fingerprint density at radius 1 is 1.22 bits per heavy atom. The van der Waals surface area contributed by atoms with E-state index in [0.29, 0.717) is 49.8 Å². The third-order valence-electron chi connectivity index (χ3n) is 6.75. The van der Waals surface area contributed by atoms with E-state index in [1.165, 1.54) is 13.8 Å². The number of allylic oxidation sites excluding steroid dienone is 4. The van der Waals surface area contributed by atoms with Crippen LogP contribution in [0.25, 0.3) is 0 Å². The second-order valence-corrected chi connectivity index (χ2v) is 10.1. The molecule has 0 atom stereocenters. The van der Waals surface area contributed by atoms with Gasteiger partial charge in [-0.1, -0.05) is 19.1 Å². The summed E-state index contributed by atoms with van der Waals surface area (Å²) in [6.45, 7) is 10.3. The summed E-state index contributed by atoms with van der Waals surface area (Å²) < 4.78 is 0. The van der Waals surface area contributed by atoms with Crippen LogP contribution in [-0.4, -0.2) is 62.1 Å². The second-order valence-electron chi connectivity index (χ2n) is 10.1. The highest BCUT2D eigenvalue weighted by Crippen LogP contribution is 2.22. The monoisotopic (exact) mass is 506 g/mol. The number of amides is 2. The fraction of sp³-hybridized carbons (Fsp3) is 0.464. The van der Waals surface area contributed by atoms with Gasteiger partial charge in [0.25, 0.3) is 11.8 Å². The van der Waals surface area contributed by atoms with Gasteiger partial charge in [-0.05, 0) is 81.4 Å². The zero-order valence-corrected chi connectivity index (χ0v) is 22.4. The van der Waals surface area contributed by atoms with Gasteiger partial charge in [0.1, 0.15) is 23.0 Å². The quantitative estimate of drug-likeness (QED) is 0.254. The Kier molecular flexibility index (Phi) is 8.81. The van der Waals surface area contributed by atoms with Crippen LogP contribution in [0.3, 0.4) is 0 Å². The van der Waals surface area contributed by atoms with Crippen molar-refractivity contribution in [1.29, 1.82) is 10.8 Å². The molecule has 1 aromatic rings. The molecule has 37 heavy (non-hydrogen) atoms. The van der Waals surface area contributed by atoms with Crippen molar-refractivity contribution in [3.05, 3.63) is 64.2 Å². The smallest absolute Gasteiger partial charge is 0.274 e. The van der Waals surface area contributed by atoms with E-state index in [0.717, 1.165) is 35.1 Å². The summed E-state index contributed by atoms with van der Waals surface area (Å²) in [7, 11) is 0. The Hall–Kier alpha value is -3.59. The zero-order chi connectivity index (χ0) is 27.3. The summed E-state index contributed by atoms with van der Waals surface area (Å²) in [4.78, 5) is 33.3. The summed E-state index contributed by atoms with van der Waals surface area (Å²) in [5.41, 5.74) is 3.04. The molecule has 3 rings (SSSR count). The first-order valence-corrected chi connectivity index (χ1v) is 12.7. The normalized spacial score (nSPS) is 17.1. The Labute approximate surface area is 219 Å². The largest absolute Gasteiger partial charge is 0.381 e. The molecule has 9 nitrogen and oxygen atoms in total. The number of nitrogens with zero attached hydrogens (tertiary/aromatic N) is 3. The zero-order valence-electron chi connectivity index (χ0n) is 22.4. The molecule has 0 bridgehead atoms. The van der Waals surface area contributed by atoms with Gasteiger partial charge < -0.3 is 20.2 Å². The number of rotatable bonds is 7. The molecule has 0 aromatic carbocycles. The van der Waals surface area contributed by atoms with Gasteiger partial charge in [0.2, 0.25) is 0 Å². The fourth-order valence-electron chi connectivity index (χ4n) is 4.29. The second kappa shape index (κ2) is 11.6. The standard InChI is InChI=1S/C28H38N6O3/c1-6-18(2)22(10-7-9-19(3)25(30)34-13-8-11-24(34)29)32-26(35)23-15-21-17-33(27(36)28(4,5)37)14-12-20(21)16-31-23/h7,9-10,15-16,29-30,37H,6,8,11-14,17H2,1-5H3,(H,32,35)/b10-7-,19-9+,22-18-,29-24?,30-25?. The number of hydrogen-bond acceptors (Lipinski definition) is 6. The lowest BCUT2D eigenvalue weighted by Crippen LogP contribution is -2.47. The lowest BCUT2D eigenvalue weighted by atomic mass is 9.99. The molecule has 2 aliphatic heterocycles. The van der Waals surface area contributed by atoms with Crippen LogP contribution in [0, 0.1) is 10.8 Å².